The summed E-state index contributed by atoms with van der Waals surface area (Å²) in [4.78, 5) is 2.76. The Morgan fingerprint density at radius 3 is 3.07 bits per heavy atom. The fourth-order valence-electron chi connectivity index (χ4n) is 3.37. The van der Waals surface area contributed by atoms with Gasteiger partial charge in [-0.1, -0.05) is 20.3 Å². The molecule has 2 nitrogen and oxygen atoms in total. The van der Waals surface area contributed by atoms with Crippen LogP contribution in [0.5, 0.6) is 0 Å². The highest BCUT2D eigenvalue weighted by Gasteiger charge is 2.34. The Hall–Kier alpha value is -0.0800. The van der Waals surface area contributed by atoms with Crippen molar-refractivity contribution < 1.29 is 0 Å². The maximum absolute atomic E-state index is 3.56. The first-order valence-corrected chi connectivity index (χ1v) is 6.76. The topological polar surface area (TPSA) is 15.3 Å². The molecule has 0 radical (unpaired) electrons. The molecule has 88 valence electrons. The Balaban J connectivity index is 1.84. The SMILES string of the molecule is CCCC(C)CN1CCCC2CNCC21. The van der Waals surface area contributed by atoms with Crippen LogP contribution < -0.4 is 5.32 Å². The summed E-state index contributed by atoms with van der Waals surface area (Å²) in [5, 5.41) is 3.56. The highest BCUT2D eigenvalue weighted by molar-refractivity contribution is 4.92. The zero-order chi connectivity index (χ0) is 10.7. The molecule has 0 aromatic rings. The van der Waals surface area contributed by atoms with Gasteiger partial charge in [0.2, 0.25) is 0 Å². The molecule has 3 atom stereocenters. The Kier molecular flexibility index (Phi) is 4.04. The van der Waals surface area contributed by atoms with E-state index in [4.69, 9.17) is 0 Å². The molecule has 2 heteroatoms. The zero-order valence-electron chi connectivity index (χ0n) is 10.3. The van der Waals surface area contributed by atoms with Gasteiger partial charge in [0.1, 0.15) is 0 Å². The van der Waals surface area contributed by atoms with Crippen LogP contribution >= 0.6 is 0 Å². The molecule has 2 aliphatic rings. The molecule has 15 heavy (non-hydrogen) atoms. The van der Waals surface area contributed by atoms with Crippen molar-refractivity contribution in [1.29, 1.82) is 0 Å². The molecular weight excluding hydrogens is 184 g/mol. The second kappa shape index (κ2) is 5.31. The van der Waals surface area contributed by atoms with Gasteiger partial charge in [0.05, 0.1) is 0 Å². The van der Waals surface area contributed by atoms with Crippen molar-refractivity contribution in [3.05, 3.63) is 0 Å². The zero-order valence-corrected chi connectivity index (χ0v) is 10.3. The van der Waals surface area contributed by atoms with E-state index >= 15 is 0 Å². The maximum atomic E-state index is 3.56. The van der Waals surface area contributed by atoms with E-state index in [0.29, 0.717) is 0 Å². The van der Waals surface area contributed by atoms with Crippen LogP contribution in [0.1, 0.15) is 39.5 Å². The number of hydrogen-bond donors (Lipinski definition) is 1. The first kappa shape index (κ1) is 11.4. The lowest BCUT2D eigenvalue weighted by molar-refractivity contribution is 0.106. The van der Waals surface area contributed by atoms with Gasteiger partial charge in [-0.15, -0.1) is 0 Å². The van der Waals surface area contributed by atoms with Gasteiger partial charge in [0.15, 0.2) is 0 Å². The van der Waals surface area contributed by atoms with Crippen molar-refractivity contribution in [2.45, 2.75) is 45.6 Å². The van der Waals surface area contributed by atoms with Gasteiger partial charge in [-0.2, -0.15) is 0 Å². The van der Waals surface area contributed by atoms with Crippen molar-refractivity contribution in [2.75, 3.05) is 26.2 Å². The fourth-order valence-corrected chi connectivity index (χ4v) is 3.37. The normalized spacial score (nSPS) is 34.0. The molecule has 0 aromatic carbocycles. The number of likely N-dealkylation sites (tertiary alicyclic amines) is 1. The highest BCUT2D eigenvalue weighted by Crippen LogP contribution is 2.27. The summed E-state index contributed by atoms with van der Waals surface area (Å²) in [5.41, 5.74) is 0. The van der Waals surface area contributed by atoms with E-state index in [1.165, 1.54) is 51.9 Å². The quantitative estimate of drug-likeness (QED) is 0.764. The number of fused-ring (bicyclic) bond motifs is 1. The number of nitrogens with one attached hydrogen (secondary N) is 1. The van der Waals surface area contributed by atoms with Gasteiger partial charge in [-0.05, 0) is 44.2 Å². The molecular formula is C13H26N2. The van der Waals surface area contributed by atoms with E-state index in [-0.39, 0.29) is 0 Å². The lowest BCUT2D eigenvalue weighted by Gasteiger charge is -2.38. The van der Waals surface area contributed by atoms with E-state index in [9.17, 15) is 0 Å². The predicted octanol–water partition coefficient (Wildman–Crippen LogP) is 2.11. The van der Waals surface area contributed by atoms with Gasteiger partial charge < -0.3 is 5.32 Å². The predicted molar refractivity (Wildman–Crippen MR) is 65.0 cm³/mol. The van der Waals surface area contributed by atoms with Gasteiger partial charge in [0, 0.05) is 19.1 Å². The molecule has 0 aromatic heterocycles. The van der Waals surface area contributed by atoms with Gasteiger partial charge >= 0.3 is 0 Å². The largest absolute Gasteiger partial charge is 0.315 e. The summed E-state index contributed by atoms with van der Waals surface area (Å²) >= 11 is 0. The summed E-state index contributed by atoms with van der Waals surface area (Å²) < 4.78 is 0. The maximum Gasteiger partial charge on any atom is 0.0261 e. The van der Waals surface area contributed by atoms with Crippen LogP contribution in [-0.2, 0) is 0 Å². The first-order chi connectivity index (χ1) is 7.31. The molecule has 2 rings (SSSR count). The Morgan fingerprint density at radius 1 is 1.40 bits per heavy atom. The van der Waals surface area contributed by atoms with Crippen molar-refractivity contribution in [3.8, 4) is 0 Å². The van der Waals surface area contributed by atoms with Gasteiger partial charge in [0.25, 0.3) is 0 Å². The summed E-state index contributed by atoms with van der Waals surface area (Å²) in [6.07, 6.45) is 5.60. The standard InChI is InChI=1S/C13H26N2/c1-3-5-11(2)10-15-7-4-6-12-8-14-9-13(12)15/h11-14H,3-10H2,1-2H3. The van der Waals surface area contributed by atoms with E-state index < -0.39 is 0 Å². The summed E-state index contributed by atoms with van der Waals surface area (Å²) in [7, 11) is 0. The third kappa shape index (κ3) is 2.73. The lowest BCUT2D eigenvalue weighted by Crippen LogP contribution is -2.46. The molecule has 2 heterocycles. The third-order valence-corrected chi connectivity index (χ3v) is 4.12. The molecule has 0 bridgehead atoms. The number of piperidine rings is 1. The smallest absolute Gasteiger partial charge is 0.0261 e. The van der Waals surface area contributed by atoms with Crippen molar-refractivity contribution in [3.63, 3.8) is 0 Å². The molecule has 1 N–H and O–H groups in total. The minimum atomic E-state index is 0.859. The van der Waals surface area contributed by atoms with Crippen LogP contribution in [0.4, 0.5) is 0 Å². The third-order valence-electron chi connectivity index (χ3n) is 4.12. The van der Waals surface area contributed by atoms with Crippen molar-refractivity contribution >= 4 is 0 Å². The van der Waals surface area contributed by atoms with Crippen LogP contribution in [-0.4, -0.2) is 37.1 Å². The summed E-state index contributed by atoms with van der Waals surface area (Å²) in [5.74, 6) is 1.84. The molecule has 0 spiro atoms. The molecule has 2 fully saturated rings. The molecule has 2 saturated heterocycles. The number of rotatable bonds is 4. The molecule has 0 saturated carbocycles. The molecule has 3 unspecified atom stereocenters. The number of nitrogens with zero attached hydrogens (tertiary/aromatic N) is 1. The monoisotopic (exact) mass is 210 g/mol. The summed E-state index contributed by atoms with van der Waals surface area (Å²) in [6.45, 7) is 9.89. The van der Waals surface area contributed by atoms with Crippen molar-refractivity contribution in [2.24, 2.45) is 11.8 Å². The van der Waals surface area contributed by atoms with Crippen molar-refractivity contribution in [1.82, 2.24) is 10.2 Å². The van der Waals surface area contributed by atoms with Crippen LogP contribution in [0.2, 0.25) is 0 Å². The molecule has 0 amide bonds. The second-order valence-electron chi connectivity index (χ2n) is 5.52. The van der Waals surface area contributed by atoms with E-state index in [1.807, 2.05) is 0 Å². The fraction of sp³-hybridized carbons (Fsp3) is 1.00. The second-order valence-corrected chi connectivity index (χ2v) is 5.52. The van der Waals surface area contributed by atoms with E-state index in [1.54, 1.807) is 0 Å². The van der Waals surface area contributed by atoms with E-state index in [0.717, 1.165) is 17.9 Å². The Labute approximate surface area is 94.4 Å². The van der Waals surface area contributed by atoms with Gasteiger partial charge in [-0.3, -0.25) is 4.90 Å². The molecule has 2 aliphatic heterocycles. The highest BCUT2D eigenvalue weighted by atomic mass is 15.2. The van der Waals surface area contributed by atoms with Crippen LogP contribution in [0.25, 0.3) is 0 Å². The lowest BCUT2D eigenvalue weighted by atomic mass is 9.91. The van der Waals surface area contributed by atoms with Crippen LogP contribution in [0, 0.1) is 11.8 Å². The van der Waals surface area contributed by atoms with E-state index in [2.05, 4.69) is 24.1 Å². The average molecular weight is 210 g/mol. The minimum absolute atomic E-state index is 0.859. The molecule has 0 aliphatic carbocycles. The average Bonchev–Trinajstić information content (AvgIpc) is 2.67. The van der Waals surface area contributed by atoms with Crippen LogP contribution in [0.15, 0.2) is 0 Å². The Bertz CT molecular complexity index is 193. The van der Waals surface area contributed by atoms with Gasteiger partial charge in [-0.25, -0.2) is 0 Å². The first-order valence-electron chi connectivity index (χ1n) is 6.76. The summed E-state index contributed by atoms with van der Waals surface area (Å²) in [6, 6.07) is 0.859. The van der Waals surface area contributed by atoms with Crippen LogP contribution in [0.3, 0.4) is 0 Å². The number of hydrogen-bond acceptors (Lipinski definition) is 2. The minimum Gasteiger partial charge on any atom is -0.315 e. The Morgan fingerprint density at radius 2 is 2.27 bits per heavy atom.